The summed E-state index contributed by atoms with van der Waals surface area (Å²) in [7, 11) is 1.54. The lowest BCUT2D eigenvalue weighted by atomic mass is 10.3. The summed E-state index contributed by atoms with van der Waals surface area (Å²) < 4.78 is 26.6. The molecule has 0 unspecified atom stereocenters. The molecule has 20 heavy (non-hydrogen) atoms. The van der Waals surface area contributed by atoms with Crippen molar-refractivity contribution in [2.45, 2.75) is 9.92 Å². The van der Waals surface area contributed by atoms with Crippen LogP contribution in [-0.2, 0) is 0 Å². The van der Waals surface area contributed by atoms with Gasteiger partial charge in [-0.1, -0.05) is 11.8 Å². The molecular formula is C11H8F2N4O2S. The van der Waals surface area contributed by atoms with E-state index in [-0.39, 0.29) is 21.6 Å². The topological polar surface area (TPSA) is 81.0 Å². The van der Waals surface area contributed by atoms with E-state index in [0.29, 0.717) is 11.8 Å². The number of halogens is 2. The van der Waals surface area contributed by atoms with Crippen molar-refractivity contribution in [2.75, 3.05) is 12.4 Å². The zero-order valence-electron chi connectivity index (χ0n) is 10.1. The Morgan fingerprint density at radius 2 is 2.15 bits per heavy atom. The van der Waals surface area contributed by atoms with Crippen LogP contribution in [0.25, 0.3) is 0 Å². The molecule has 1 aromatic heterocycles. The smallest absolute Gasteiger partial charge is 0.320 e. The zero-order valence-corrected chi connectivity index (χ0v) is 10.9. The lowest BCUT2D eigenvalue weighted by Gasteiger charge is -2.05. The molecule has 0 aliphatic heterocycles. The SMILES string of the molecule is CNc1ncc([N+](=O)[O-])c(Sc2cc(F)ccc2F)n1. The first kappa shape index (κ1) is 14.1. The minimum atomic E-state index is -0.685. The highest BCUT2D eigenvalue weighted by Gasteiger charge is 2.20. The third-order valence-corrected chi connectivity index (χ3v) is 3.28. The van der Waals surface area contributed by atoms with E-state index in [1.807, 2.05) is 0 Å². The highest BCUT2D eigenvalue weighted by atomic mass is 32.2. The average molecular weight is 298 g/mol. The van der Waals surface area contributed by atoms with Gasteiger partial charge < -0.3 is 5.32 Å². The van der Waals surface area contributed by atoms with Gasteiger partial charge in [0.1, 0.15) is 17.8 Å². The van der Waals surface area contributed by atoms with Crippen molar-refractivity contribution in [1.29, 1.82) is 0 Å². The minimum absolute atomic E-state index is 0.0705. The molecule has 2 rings (SSSR count). The van der Waals surface area contributed by atoms with E-state index in [2.05, 4.69) is 15.3 Å². The fourth-order valence-electron chi connectivity index (χ4n) is 1.34. The number of nitrogens with zero attached hydrogens (tertiary/aromatic N) is 3. The van der Waals surface area contributed by atoms with Crippen molar-refractivity contribution in [3.05, 3.63) is 46.1 Å². The Morgan fingerprint density at radius 1 is 1.40 bits per heavy atom. The van der Waals surface area contributed by atoms with E-state index in [9.17, 15) is 18.9 Å². The molecule has 1 heterocycles. The standard InChI is InChI=1S/C11H8F2N4O2S/c1-14-11-15-5-8(17(18)19)10(16-11)20-9-4-6(12)2-3-7(9)13/h2-5H,1H3,(H,14,15,16). The lowest BCUT2D eigenvalue weighted by molar-refractivity contribution is -0.388. The van der Waals surface area contributed by atoms with Crippen molar-refractivity contribution >= 4 is 23.4 Å². The lowest BCUT2D eigenvalue weighted by Crippen LogP contribution is -2.01. The molecule has 0 bridgehead atoms. The Balaban J connectivity index is 2.45. The quantitative estimate of drug-likeness (QED) is 0.531. The molecule has 0 radical (unpaired) electrons. The Bertz CT molecular complexity index is 669. The Hall–Kier alpha value is -2.29. The van der Waals surface area contributed by atoms with E-state index < -0.39 is 16.6 Å². The Labute approximate surface area is 116 Å². The first-order valence-corrected chi connectivity index (χ1v) is 6.15. The number of nitrogens with one attached hydrogen (secondary N) is 1. The van der Waals surface area contributed by atoms with Crippen LogP contribution in [0.3, 0.4) is 0 Å². The second-order valence-corrected chi connectivity index (χ2v) is 4.60. The zero-order chi connectivity index (χ0) is 14.7. The summed E-state index contributed by atoms with van der Waals surface area (Å²) in [4.78, 5) is 17.7. The molecule has 6 nitrogen and oxygen atoms in total. The highest BCUT2D eigenvalue weighted by Crippen LogP contribution is 2.34. The Morgan fingerprint density at radius 3 is 2.80 bits per heavy atom. The van der Waals surface area contributed by atoms with Crippen LogP contribution in [0.2, 0.25) is 0 Å². The maximum atomic E-state index is 13.6. The molecule has 0 amide bonds. The van der Waals surface area contributed by atoms with Gasteiger partial charge in [0.25, 0.3) is 0 Å². The van der Waals surface area contributed by atoms with Gasteiger partial charge in [-0.05, 0) is 18.2 Å². The maximum Gasteiger partial charge on any atom is 0.320 e. The summed E-state index contributed by atoms with van der Waals surface area (Å²) in [6.07, 6.45) is 1.01. The fourth-order valence-corrected chi connectivity index (χ4v) is 2.25. The van der Waals surface area contributed by atoms with Crippen LogP contribution < -0.4 is 5.32 Å². The molecule has 0 fully saturated rings. The summed E-state index contributed by atoms with van der Waals surface area (Å²) in [5.74, 6) is -1.18. The minimum Gasteiger partial charge on any atom is -0.357 e. The molecule has 0 aliphatic carbocycles. The van der Waals surface area contributed by atoms with Crippen LogP contribution in [0.4, 0.5) is 20.4 Å². The molecule has 0 aliphatic rings. The number of hydrogen-bond donors (Lipinski definition) is 1. The van der Waals surface area contributed by atoms with Gasteiger partial charge in [-0.2, -0.15) is 4.98 Å². The van der Waals surface area contributed by atoms with Crippen LogP contribution in [0.15, 0.2) is 34.3 Å². The fraction of sp³-hybridized carbons (Fsp3) is 0.0909. The summed E-state index contributed by atoms with van der Waals surface area (Å²) in [5.41, 5.74) is -0.377. The van der Waals surface area contributed by atoms with Crippen LogP contribution in [0, 0.1) is 21.7 Å². The van der Waals surface area contributed by atoms with Crippen molar-refractivity contribution in [3.63, 3.8) is 0 Å². The molecule has 0 saturated carbocycles. The maximum absolute atomic E-state index is 13.6. The van der Waals surface area contributed by atoms with Crippen molar-refractivity contribution in [2.24, 2.45) is 0 Å². The third kappa shape index (κ3) is 2.99. The first-order valence-electron chi connectivity index (χ1n) is 5.33. The van der Waals surface area contributed by atoms with Gasteiger partial charge in [0.2, 0.25) is 5.95 Å². The molecule has 0 atom stereocenters. The summed E-state index contributed by atoms with van der Waals surface area (Å²) in [6.45, 7) is 0. The van der Waals surface area contributed by atoms with Crippen molar-refractivity contribution in [1.82, 2.24) is 9.97 Å². The predicted octanol–water partition coefficient (Wildman–Crippen LogP) is 2.86. The normalized spacial score (nSPS) is 10.3. The summed E-state index contributed by atoms with van der Waals surface area (Å²) in [6, 6.07) is 2.86. The van der Waals surface area contributed by atoms with Crippen LogP contribution >= 0.6 is 11.8 Å². The second-order valence-electron chi connectivity index (χ2n) is 3.57. The van der Waals surface area contributed by atoms with Gasteiger partial charge in [-0.3, -0.25) is 10.1 Å². The predicted molar refractivity (Wildman–Crippen MR) is 68.7 cm³/mol. The van der Waals surface area contributed by atoms with Gasteiger partial charge in [-0.25, -0.2) is 13.8 Å². The molecule has 9 heteroatoms. The van der Waals surface area contributed by atoms with E-state index in [4.69, 9.17) is 0 Å². The number of anilines is 1. The van der Waals surface area contributed by atoms with E-state index >= 15 is 0 Å². The molecule has 0 spiro atoms. The van der Waals surface area contributed by atoms with E-state index in [1.165, 1.54) is 0 Å². The molecule has 0 saturated heterocycles. The largest absolute Gasteiger partial charge is 0.357 e. The van der Waals surface area contributed by atoms with Crippen LogP contribution in [0.5, 0.6) is 0 Å². The second kappa shape index (κ2) is 5.78. The van der Waals surface area contributed by atoms with Crippen LogP contribution in [-0.4, -0.2) is 21.9 Å². The molecule has 1 aromatic carbocycles. The van der Waals surface area contributed by atoms with Gasteiger partial charge in [0.15, 0.2) is 5.03 Å². The van der Waals surface area contributed by atoms with E-state index in [1.54, 1.807) is 7.05 Å². The Kier molecular flexibility index (Phi) is 4.08. The molecule has 2 aromatic rings. The molecular weight excluding hydrogens is 290 g/mol. The number of hydrogen-bond acceptors (Lipinski definition) is 6. The van der Waals surface area contributed by atoms with Gasteiger partial charge in [0.05, 0.1) is 9.82 Å². The molecule has 1 N–H and O–H groups in total. The number of aromatic nitrogens is 2. The number of rotatable bonds is 4. The highest BCUT2D eigenvalue weighted by molar-refractivity contribution is 7.99. The summed E-state index contributed by atoms with van der Waals surface area (Å²) in [5, 5.41) is 13.4. The van der Waals surface area contributed by atoms with Crippen molar-refractivity contribution in [3.8, 4) is 0 Å². The average Bonchev–Trinajstić information content (AvgIpc) is 2.42. The van der Waals surface area contributed by atoms with Gasteiger partial charge in [-0.15, -0.1) is 0 Å². The third-order valence-electron chi connectivity index (χ3n) is 2.26. The molecule has 104 valence electrons. The monoisotopic (exact) mass is 298 g/mol. The van der Waals surface area contributed by atoms with Gasteiger partial charge >= 0.3 is 5.69 Å². The summed E-state index contributed by atoms with van der Waals surface area (Å²) >= 11 is 0.665. The number of nitro groups is 1. The number of benzene rings is 1. The van der Waals surface area contributed by atoms with Gasteiger partial charge in [0, 0.05) is 7.05 Å². The first-order chi connectivity index (χ1) is 9.51. The van der Waals surface area contributed by atoms with Crippen LogP contribution in [0.1, 0.15) is 0 Å². The van der Waals surface area contributed by atoms with Crippen molar-refractivity contribution < 1.29 is 13.7 Å². The van der Waals surface area contributed by atoms with E-state index in [0.717, 1.165) is 24.4 Å².